The molecule has 1 aromatic heterocycles. The van der Waals surface area contributed by atoms with E-state index in [0.29, 0.717) is 0 Å². The Bertz CT molecular complexity index is 483. The fourth-order valence-electron chi connectivity index (χ4n) is 1.95. The van der Waals surface area contributed by atoms with Crippen molar-refractivity contribution in [2.45, 2.75) is 18.6 Å². The number of likely N-dealkylation sites (tertiary alicyclic amines) is 1. The van der Waals surface area contributed by atoms with Gasteiger partial charge in [0, 0.05) is 32.1 Å². The first kappa shape index (κ1) is 12.8. The Balaban J connectivity index is 2.06. The number of halogens is 3. The number of alkyl halides is 1. The molecule has 0 spiro atoms. The number of carbonyl (C=O) groups excluding carboxylic acids is 1. The van der Waals surface area contributed by atoms with E-state index in [1.54, 1.807) is 0 Å². The van der Waals surface area contributed by atoms with Crippen LogP contribution in [0.25, 0.3) is 0 Å². The molecule has 1 atom stereocenters. The number of primary amides is 1. The van der Waals surface area contributed by atoms with Crippen molar-refractivity contribution in [2.75, 3.05) is 13.1 Å². The van der Waals surface area contributed by atoms with Gasteiger partial charge in [-0.1, -0.05) is 0 Å². The molecule has 2 rings (SSSR count). The highest BCUT2D eigenvalue weighted by Gasteiger charge is 2.43. The molecular formula is C11H12F3N3O. The molecule has 2 heterocycles. The van der Waals surface area contributed by atoms with E-state index in [9.17, 15) is 18.0 Å². The Kier molecular flexibility index (Phi) is 3.25. The summed E-state index contributed by atoms with van der Waals surface area (Å²) in [5, 5.41) is 0. The van der Waals surface area contributed by atoms with Crippen molar-refractivity contribution in [3.8, 4) is 0 Å². The van der Waals surface area contributed by atoms with Crippen molar-refractivity contribution in [1.82, 2.24) is 9.88 Å². The molecule has 1 aliphatic rings. The zero-order valence-electron chi connectivity index (χ0n) is 9.50. The summed E-state index contributed by atoms with van der Waals surface area (Å²) < 4.78 is 39.9. The smallest absolute Gasteiger partial charge is 0.256 e. The summed E-state index contributed by atoms with van der Waals surface area (Å²) in [4.78, 5) is 16.0. The first-order valence-electron chi connectivity index (χ1n) is 5.42. The zero-order valence-corrected chi connectivity index (χ0v) is 9.50. The number of nitrogens with zero attached hydrogens (tertiary/aromatic N) is 2. The van der Waals surface area contributed by atoms with Gasteiger partial charge < -0.3 is 5.73 Å². The normalized spacial score (nSPS) is 24.4. The van der Waals surface area contributed by atoms with Crippen LogP contribution in [0.15, 0.2) is 12.3 Å². The maximum atomic E-state index is 13.9. The number of rotatable bonds is 3. The first-order valence-corrected chi connectivity index (χ1v) is 5.42. The molecule has 7 heteroatoms. The van der Waals surface area contributed by atoms with Gasteiger partial charge in [0.05, 0.1) is 11.9 Å². The van der Waals surface area contributed by atoms with Gasteiger partial charge in [0.2, 0.25) is 5.67 Å². The molecule has 0 radical (unpaired) electrons. The Morgan fingerprint density at radius 1 is 1.56 bits per heavy atom. The number of pyridine rings is 1. The highest BCUT2D eigenvalue weighted by atomic mass is 19.1. The molecule has 0 aromatic carbocycles. The maximum Gasteiger partial charge on any atom is 0.256 e. The third-order valence-electron chi connectivity index (χ3n) is 3.00. The third-order valence-corrected chi connectivity index (χ3v) is 3.00. The van der Waals surface area contributed by atoms with E-state index in [0.717, 1.165) is 12.3 Å². The van der Waals surface area contributed by atoms with Gasteiger partial charge in [-0.05, 0) is 0 Å². The number of amides is 1. The van der Waals surface area contributed by atoms with E-state index in [1.165, 1.54) is 4.90 Å². The minimum absolute atomic E-state index is 0.0186. The Morgan fingerprint density at radius 2 is 2.28 bits per heavy atom. The van der Waals surface area contributed by atoms with Crippen LogP contribution in [0.4, 0.5) is 13.2 Å². The lowest BCUT2D eigenvalue weighted by Crippen LogP contribution is -2.42. The second-order valence-corrected chi connectivity index (χ2v) is 4.37. The molecule has 1 unspecified atom stereocenters. The largest absolute Gasteiger partial charge is 0.367 e. The molecule has 1 saturated heterocycles. The molecule has 0 aliphatic carbocycles. The van der Waals surface area contributed by atoms with Gasteiger partial charge in [-0.3, -0.25) is 14.7 Å². The number of carbonyl (C=O) groups is 1. The quantitative estimate of drug-likeness (QED) is 0.871. The van der Waals surface area contributed by atoms with Crippen molar-refractivity contribution in [1.29, 1.82) is 0 Å². The van der Waals surface area contributed by atoms with Crippen LogP contribution in [0.2, 0.25) is 0 Å². The van der Waals surface area contributed by atoms with E-state index < -0.39 is 23.2 Å². The molecule has 1 fully saturated rings. The summed E-state index contributed by atoms with van der Waals surface area (Å²) in [7, 11) is 0. The lowest BCUT2D eigenvalue weighted by molar-refractivity contribution is -0.128. The summed E-state index contributed by atoms with van der Waals surface area (Å²) in [6.45, 7) is 0.101. The molecule has 1 amide bonds. The van der Waals surface area contributed by atoms with Crippen molar-refractivity contribution >= 4 is 5.91 Å². The number of hydrogen-bond donors (Lipinski definition) is 1. The van der Waals surface area contributed by atoms with Gasteiger partial charge in [0.15, 0.2) is 0 Å². The fraction of sp³-hybridized carbons (Fsp3) is 0.455. The molecule has 98 valence electrons. The van der Waals surface area contributed by atoms with Crippen molar-refractivity contribution in [3.63, 3.8) is 0 Å². The molecule has 0 bridgehead atoms. The third kappa shape index (κ3) is 2.45. The van der Waals surface area contributed by atoms with Crippen LogP contribution in [-0.4, -0.2) is 34.5 Å². The zero-order chi connectivity index (χ0) is 13.3. The molecule has 2 N–H and O–H groups in total. The van der Waals surface area contributed by atoms with Gasteiger partial charge in [-0.15, -0.1) is 0 Å². The first-order chi connectivity index (χ1) is 8.40. The van der Waals surface area contributed by atoms with E-state index >= 15 is 0 Å². The molecule has 1 aromatic rings. The van der Waals surface area contributed by atoms with Crippen molar-refractivity contribution in [3.05, 3.63) is 29.6 Å². The van der Waals surface area contributed by atoms with Crippen LogP contribution in [0.3, 0.4) is 0 Å². The van der Waals surface area contributed by atoms with Crippen LogP contribution >= 0.6 is 0 Å². The summed E-state index contributed by atoms with van der Waals surface area (Å²) in [6.07, 6.45) is 0.871. The van der Waals surface area contributed by atoms with E-state index in [2.05, 4.69) is 4.98 Å². The summed E-state index contributed by atoms with van der Waals surface area (Å²) >= 11 is 0. The lowest BCUT2D eigenvalue weighted by Gasteiger charge is -2.17. The van der Waals surface area contributed by atoms with E-state index in [4.69, 9.17) is 5.73 Å². The number of nitrogens with two attached hydrogens (primary N) is 1. The predicted octanol–water partition coefficient (Wildman–Crippen LogP) is 0.759. The van der Waals surface area contributed by atoms with Crippen LogP contribution in [0.1, 0.15) is 12.1 Å². The van der Waals surface area contributed by atoms with Crippen molar-refractivity contribution in [2.24, 2.45) is 5.73 Å². The highest BCUT2D eigenvalue weighted by Crippen LogP contribution is 2.26. The molecule has 1 aliphatic heterocycles. The van der Waals surface area contributed by atoms with Crippen LogP contribution in [0.5, 0.6) is 0 Å². The van der Waals surface area contributed by atoms with E-state index in [-0.39, 0.29) is 31.7 Å². The second kappa shape index (κ2) is 4.56. The topological polar surface area (TPSA) is 59.2 Å². The maximum absolute atomic E-state index is 13.9. The minimum atomic E-state index is -2.07. The Morgan fingerprint density at radius 3 is 2.83 bits per heavy atom. The predicted molar refractivity (Wildman–Crippen MR) is 57.1 cm³/mol. The minimum Gasteiger partial charge on any atom is -0.367 e. The number of hydrogen-bond acceptors (Lipinski definition) is 3. The van der Waals surface area contributed by atoms with Crippen LogP contribution in [0, 0.1) is 11.6 Å². The van der Waals surface area contributed by atoms with Gasteiger partial charge in [-0.2, -0.15) is 0 Å². The highest BCUT2D eigenvalue weighted by molar-refractivity contribution is 5.84. The Labute approximate surface area is 102 Å². The molecule has 0 saturated carbocycles. The monoisotopic (exact) mass is 259 g/mol. The average molecular weight is 259 g/mol. The van der Waals surface area contributed by atoms with Crippen molar-refractivity contribution < 1.29 is 18.0 Å². The lowest BCUT2D eigenvalue weighted by atomic mass is 10.1. The summed E-state index contributed by atoms with van der Waals surface area (Å²) in [5.74, 6) is -2.57. The molecular weight excluding hydrogens is 247 g/mol. The Hall–Kier alpha value is -1.63. The second-order valence-electron chi connectivity index (χ2n) is 4.37. The molecule has 18 heavy (non-hydrogen) atoms. The van der Waals surface area contributed by atoms with Gasteiger partial charge in [0.25, 0.3) is 5.91 Å². The van der Waals surface area contributed by atoms with Gasteiger partial charge >= 0.3 is 0 Å². The van der Waals surface area contributed by atoms with E-state index in [1.807, 2.05) is 0 Å². The molecule has 4 nitrogen and oxygen atoms in total. The van der Waals surface area contributed by atoms with Crippen LogP contribution in [-0.2, 0) is 11.3 Å². The number of aromatic nitrogens is 1. The average Bonchev–Trinajstić information content (AvgIpc) is 2.66. The SMILES string of the molecule is NC(=O)C1(F)CCN(Cc2ncc(F)cc2F)C1. The summed E-state index contributed by atoms with van der Waals surface area (Å²) in [6, 6.07) is 0.717. The fourth-order valence-corrected chi connectivity index (χ4v) is 1.95. The van der Waals surface area contributed by atoms with Gasteiger partial charge in [-0.25, -0.2) is 13.2 Å². The standard InChI is InChI=1S/C11H12F3N3O/c12-7-3-8(13)9(16-4-7)5-17-2-1-11(14,6-17)10(15)18/h3-4H,1-2,5-6H2,(H2,15,18). The van der Waals surface area contributed by atoms with Gasteiger partial charge in [0.1, 0.15) is 11.6 Å². The summed E-state index contributed by atoms with van der Waals surface area (Å²) in [5.41, 5.74) is 2.90. The van der Waals surface area contributed by atoms with Crippen LogP contribution < -0.4 is 5.73 Å².